The second-order valence-electron chi connectivity index (χ2n) is 5.02. The van der Waals surface area contributed by atoms with E-state index in [1.54, 1.807) is 0 Å². The number of hydrogen-bond donors (Lipinski definition) is 1. The van der Waals surface area contributed by atoms with Crippen molar-refractivity contribution in [1.29, 1.82) is 0 Å². The standard InChI is InChI=1S/C14H23N3/c1-2-12-5-4-9-17(10-7-12)11-14-13(15)6-3-8-16-14/h3,6,8,12H,2,4-5,7,9-11,15H2,1H3. The molecule has 1 aliphatic rings. The average Bonchev–Trinajstić information content (AvgIpc) is 2.57. The summed E-state index contributed by atoms with van der Waals surface area (Å²) in [5.74, 6) is 0.918. The highest BCUT2D eigenvalue weighted by atomic mass is 15.1. The molecule has 94 valence electrons. The number of likely N-dealkylation sites (tertiary alicyclic amines) is 1. The third kappa shape index (κ3) is 3.43. The Bertz CT molecular complexity index is 351. The second-order valence-corrected chi connectivity index (χ2v) is 5.02. The van der Waals surface area contributed by atoms with Crippen LogP contribution in [0, 0.1) is 5.92 Å². The van der Waals surface area contributed by atoms with Gasteiger partial charge in [-0.3, -0.25) is 9.88 Å². The van der Waals surface area contributed by atoms with E-state index in [1.807, 2.05) is 18.3 Å². The van der Waals surface area contributed by atoms with E-state index >= 15 is 0 Å². The minimum absolute atomic E-state index is 0.823. The molecule has 2 heterocycles. The van der Waals surface area contributed by atoms with Gasteiger partial charge in [0.1, 0.15) is 0 Å². The van der Waals surface area contributed by atoms with Crippen LogP contribution in [0.5, 0.6) is 0 Å². The lowest BCUT2D eigenvalue weighted by Crippen LogP contribution is -2.25. The van der Waals surface area contributed by atoms with Gasteiger partial charge in [0.2, 0.25) is 0 Å². The van der Waals surface area contributed by atoms with E-state index in [0.717, 1.165) is 23.8 Å². The normalized spacial score (nSPS) is 22.3. The Kier molecular flexibility index (Phi) is 4.37. The third-order valence-corrected chi connectivity index (χ3v) is 3.82. The predicted octanol–water partition coefficient (Wildman–Crippen LogP) is 2.68. The van der Waals surface area contributed by atoms with Crippen molar-refractivity contribution < 1.29 is 0 Å². The Hall–Kier alpha value is -1.09. The van der Waals surface area contributed by atoms with Crippen LogP contribution in [0.3, 0.4) is 0 Å². The Morgan fingerprint density at radius 3 is 3.06 bits per heavy atom. The molecule has 0 saturated carbocycles. The maximum Gasteiger partial charge on any atom is 0.0772 e. The van der Waals surface area contributed by atoms with Crippen LogP contribution in [0.25, 0.3) is 0 Å². The van der Waals surface area contributed by atoms with Crippen LogP contribution < -0.4 is 5.73 Å². The van der Waals surface area contributed by atoms with Crippen molar-refractivity contribution in [3.05, 3.63) is 24.0 Å². The highest BCUT2D eigenvalue weighted by Gasteiger charge is 2.16. The number of nitrogen functional groups attached to an aromatic ring is 1. The zero-order chi connectivity index (χ0) is 12.1. The van der Waals surface area contributed by atoms with Crippen molar-refractivity contribution in [2.75, 3.05) is 18.8 Å². The number of anilines is 1. The third-order valence-electron chi connectivity index (χ3n) is 3.82. The molecule has 0 aromatic carbocycles. The van der Waals surface area contributed by atoms with Gasteiger partial charge in [-0.05, 0) is 50.4 Å². The summed E-state index contributed by atoms with van der Waals surface area (Å²) in [4.78, 5) is 6.87. The Balaban J connectivity index is 1.93. The fourth-order valence-electron chi connectivity index (χ4n) is 2.59. The van der Waals surface area contributed by atoms with Crippen molar-refractivity contribution in [2.24, 2.45) is 5.92 Å². The molecule has 1 saturated heterocycles. The van der Waals surface area contributed by atoms with Gasteiger partial charge in [0.15, 0.2) is 0 Å². The largest absolute Gasteiger partial charge is 0.397 e. The van der Waals surface area contributed by atoms with Crippen molar-refractivity contribution in [1.82, 2.24) is 9.88 Å². The van der Waals surface area contributed by atoms with Gasteiger partial charge in [0.05, 0.1) is 11.4 Å². The molecule has 0 bridgehead atoms. The summed E-state index contributed by atoms with van der Waals surface area (Å²) in [5, 5.41) is 0. The first-order valence-corrected chi connectivity index (χ1v) is 6.71. The van der Waals surface area contributed by atoms with Gasteiger partial charge in [-0.15, -0.1) is 0 Å². The topological polar surface area (TPSA) is 42.2 Å². The lowest BCUT2D eigenvalue weighted by atomic mass is 9.98. The fourth-order valence-corrected chi connectivity index (χ4v) is 2.59. The number of nitrogens with zero attached hydrogens (tertiary/aromatic N) is 2. The lowest BCUT2D eigenvalue weighted by Gasteiger charge is -2.20. The minimum atomic E-state index is 0.823. The Morgan fingerprint density at radius 2 is 2.29 bits per heavy atom. The molecule has 2 N–H and O–H groups in total. The van der Waals surface area contributed by atoms with Gasteiger partial charge in [0, 0.05) is 12.7 Å². The van der Waals surface area contributed by atoms with Crippen LogP contribution in [0.15, 0.2) is 18.3 Å². The van der Waals surface area contributed by atoms with Crippen LogP contribution in [0.1, 0.15) is 38.3 Å². The second kappa shape index (κ2) is 6.01. The first kappa shape index (κ1) is 12.4. The summed E-state index contributed by atoms with van der Waals surface area (Å²) in [5.41, 5.74) is 7.79. The Labute approximate surface area is 104 Å². The molecular formula is C14H23N3. The molecule has 17 heavy (non-hydrogen) atoms. The molecule has 1 aromatic rings. The molecule has 0 aliphatic carbocycles. The highest BCUT2D eigenvalue weighted by molar-refractivity contribution is 5.41. The van der Waals surface area contributed by atoms with E-state index in [-0.39, 0.29) is 0 Å². The molecule has 3 heteroatoms. The maximum absolute atomic E-state index is 5.94. The molecule has 1 fully saturated rings. The van der Waals surface area contributed by atoms with Crippen molar-refractivity contribution in [2.45, 2.75) is 39.2 Å². The van der Waals surface area contributed by atoms with Crippen LogP contribution in [-0.4, -0.2) is 23.0 Å². The molecule has 1 unspecified atom stereocenters. The quantitative estimate of drug-likeness (QED) is 0.872. The van der Waals surface area contributed by atoms with Crippen molar-refractivity contribution in [3.63, 3.8) is 0 Å². The number of rotatable bonds is 3. The maximum atomic E-state index is 5.94. The van der Waals surface area contributed by atoms with Crippen molar-refractivity contribution in [3.8, 4) is 0 Å². The van der Waals surface area contributed by atoms with Crippen LogP contribution in [0.2, 0.25) is 0 Å². The monoisotopic (exact) mass is 233 g/mol. The predicted molar refractivity (Wildman–Crippen MR) is 71.6 cm³/mol. The molecule has 1 aromatic heterocycles. The zero-order valence-corrected chi connectivity index (χ0v) is 10.7. The highest BCUT2D eigenvalue weighted by Crippen LogP contribution is 2.21. The molecule has 1 atom stereocenters. The van der Waals surface area contributed by atoms with E-state index < -0.39 is 0 Å². The van der Waals surface area contributed by atoms with Gasteiger partial charge >= 0.3 is 0 Å². The number of aromatic nitrogens is 1. The summed E-state index contributed by atoms with van der Waals surface area (Å²) in [7, 11) is 0. The van der Waals surface area contributed by atoms with E-state index in [4.69, 9.17) is 5.73 Å². The Morgan fingerprint density at radius 1 is 1.41 bits per heavy atom. The van der Waals surface area contributed by atoms with E-state index in [2.05, 4.69) is 16.8 Å². The first-order chi connectivity index (χ1) is 8.29. The van der Waals surface area contributed by atoms with E-state index in [0.29, 0.717) is 0 Å². The van der Waals surface area contributed by atoms with Gasteiger partial charge in [-0.2, -0.15) is 0 Å². The molecule has 0 spiro atoms. The minimum Gasteiger partial charge on any atom is -0.397 e. The van der Waals surface area contributed by atoms with Crippen LogP contribution >= 0.6 is 0 Å². The lowest BCUT2D eigenvalue weighted by molar-refractivity contribution is 0.269. The SMILES string of the molecule is CCC1CCCN(Cc2ncccc2N)CC1. The average molecular weight is 233 g/mol. The van der Waals surface area contributed by atoms with E-state index in [9.17, 15) is 0 Å². The zero-order valence-electron chi connectivity index (χ0n) is 10.7. The van der Waals surface area contributed by atoms with Gasteiger partial charge in [-0.1, -0.05) is 13.3 Å². The molecule has 1 aliphatic heterocycles. The molecule has 0 radical (unpaired) electrons. The van der Waals surface area contributed by atoms with Gasteiger partial charge in [-0.25, -0.2) is 0 Å². The van der Waals surface area contributed by atoms with Crippen molar-refractivity contribution >= 4 is 5.69 Å². The van der Waals surface area contributed by atoms with Crippen LogP contribution in [0.4, 0.5) is 5.69 Å². The van der Waals surface area contributed by atoms with Gasteiger partial charge < -0.3 is 5.73 Å². The first-order valence-electron chi connectivity index (χ1n) is 6.71. The summed E-state index contributed by atoms with van der Waals surface area (Å²) in [6, 6.07) is 3.84. The molecule has 3 nitrogen and oxygen atoms in total. The summed E-state index contributed by atoms with van der Waals surface area (Å²) >= 11 is 0. The van der Waals surface area contributed by atoms with Crippen LogP contribution in [-0.2, 0) is 6.54 Å². The molecule has 0 amide bonds. The number of hydrogen-bond acceptors (Lipinski definition) is 3. The molecule has 2 rings (SSSR count). The summed E-state index contributed by atoms with van der Waals surface area (Å²) in [6.07, 6.45) is 7.16. The number of pyridine rings is 1. The summed E-state index contributed by atoms with van der Waals surface area (Å²) in [6.45, 7) is 5.58. The van der Waals surface area contributed by atoms with Gasteiger partial charge in [0.25, 0.3) is 0 Å². The summed E-state index contributed by atoms with van der Waals surface area (Å²) < 4.78 is 0. The molecular weight excluding hydrogens is 210 g/mol. The fraction of sp³-hybridized carbons (Fsp3) is 0.643. The smallest absolute Gasteiger partial charge is 0.0772 e. The van der Waals surface area contributed by atoms with E-state index in [1.165, 1.54) is 38.8 Å². The number of nitrogens with two attached hydrogens (primary N) is 1.